The number of fused-ring (bicyclic) bond motifs is 1. The lowest BCUT2D eigenvalue weighted by atomic mass is 9.95. The molecular weight excluding hydrogens is 254 g/mol. The van der Waals surface area contributed by atoms with Crippen molar-refractivity contribution in [2.75, 3.05) is 0 Å². The van der Waals surface area contributed by atoms with E-state index >= 15 is 0 Å². The molecule has 1 aliphatic carbocycles. The molecule has 0 spiro atoms. The van der Waals surface area contributed by atoms with E-state index in [-0.39, 0.29) is 5.25 Å². The molecule has 3 heteroatoms. The van der Waals surface area contributed by atoms with Gasteiger partial charge in [0.05, 0.1) is 21.7 Å². The monoisotopic (exact) mass is 271 g/mol. The largest absolute Gasteiger partial charge is 0.259 e. The Labute approximate surface area is 116 Å². The van der Waals surface area contributed by atoms with Crippen molar-refractivity contribution in [3.63, 3.8) is 0 Å². The fraction of sp³-hybridized carbons (Fsp3) is 0.312. The van der Waals surface area contributed by atoms with Crippen molar-refractivity contribution in [1.29, 1.82) is 0 Å². The third-order valence-electron chi connectivity index (χ3n) is 3.59. The van der Waals surface area contributed by atoms with Crippen LogP contribution in [0, 0.1) is 6.92 Å². The number of nitrogens with zero attached hydrogens (tertiary/aromatic N) is 1. The molecule has 19 heavy (non-hydrogen) atoms. The van der Waals surface area contributed by atoms with Gasteiger partial charge in [-0.3, -0.25) is 9.19 Å². The first kappa shape index (κ1) is 12.5. The fourth-order valence-corrected chi connectivity index (χ4v) is 4.22. The molecule has 98 valence electrons. The molecule has 2 atom stereocenters. The van der Waals surface area contributed by atoms with Crippen molar-refractivity contribution in [3.05, 3.63) is 59.4 Å². The quantitative estimate of drug-likeness (QED) is 0.835. The highest BCUT2D eigenvalue weighted by Gasteiger charge is 2.27. The van der Waals surface area contributed by atoms with Crippen LogP contribution in [0.25, 0.3) is 0 Å². The van der Waals surface area contributed by atoms with Crippen LogP contribution in [0.4, 0.5) is 0 Å². The Morgan fingerprint density at radius 2 is 2.05 bits per heavy atom. The summed E-state index contributed by atoms with van der Waals surface area (Å²) in [5.41, 5.74) is 3.50. The topological polar surface area (TPSA) is 30.0 Å². The van der Waals surface area contributed by atoms with Crippen LogP contribution < -0.4 is 0 Å². The van der Waals surface area contributed by atoms with Gasteiger partial charge in [0.15, 0.2) is 0 Å². The second kappa shape index (κ2) is 5.25. The number of aryl methyl sites for hydroxylation is 2. The molecule has 1 aliphatic rings. The molecule has 0 amide bonds. The number of aromatic nitrogens is 1. The first-order valence-electron chi connectivity index (χ1n) is 6.67. The minimum absolute atomic E-state index is 0.0479. The van der Waals surface area contributed by atoms with Crippen LogP contribution >= 0.6 is 0 Å². The summed E-state index contributed by atoms with van der Waals surface area (Å²) in [6, 6.07) is 11.9. The summed E-state index contributed by atoms with van der Waals surface area (Å²) < 4.78 is 12.7. The molecule has 3 rings (SSSR count). The number of benzene rings is 1. The molecule has 0 N–H and O–H groups in total. The second-order valence-corrected chi connectivity index (χ2v) is 6.68. The third-order valence-corrected chi connectivity index (χ3v) is 5.30. The Morgan fingerprint density at radius 1 is 1.26 bits per heavy atom. The van der Waals surface area contributed by atoms with Gasteiger partial charge in [0.25, 0.3) is 0 Å². The molecule has 0 saturated carbocycles. The van der Waals surface area contributed by atoms with Crippen molar-refractivity contribution in [1.82, 2.24) is 4.98 Å². The second-order valence-electron chi connectivity index (χ2n) is 5.05. The Morgan fingerprint density at radius 3 is 2.84 bits per heavy atom. The molecule has 1 aromatic carbocycles. The highest BCUT2D eigenvalue weighted by Crippen LogP contribution is 2.35. The molecule has 1 heterocycles. The van der Waals surface area contributed by atoms with E-state index in [9.17, 15) is 4.21 Å². The van der Waals surface area contributed by atoms with Gasteiger partial charge in [-0.1, -0.05) is 24.3 Å². The SMILES string of the molecule is Cc1cnc2c(c1)CCC[C@H]2[S@@](=O)c1ccccc1. The van der Waals surface area contributed by atoms with Crippen molar-refractivity contribution < 1.29 is 4.21 Å². The van der Waals surface area contributed by atoms with Gasteiger partial charge >= 0.3 is 0 Å². The van der Waals surface area contributed by atoms with E-state index < -0.39 is 10.8 Å². The van der Waals surface area contributed by atoms with Gasteiger partial charge in [0.1, 0.15) is 0 Å². The third kappa shape index (κ3) is 2.47. The molecule has 2 nitrogen and oxygen atoms in total. The van der Waals surface area contributed by atoms with Crippen LogP contribution in [0.3, 0.4) is 0 Å². The zero-order valence-electron chi connectivity index (χ0n) is 11.0. The van der Waals surface area contributed by atoms with Gasteiger partial charge < -0.3 is 0 Å². The molecule has 1 aromatic heterocycles. The fourth-order valence-electron chi connectivity index (χ4n) is 2.67. The molecule has 0 bridgehead atoms. The highest BCUT2D eigenvalue weighted by molar-refractivity contribution is 7.85. The van der Waals surface area contributed by atoms with Gasteiger partial charge in [-0.05, 0) is 49.4 Å². The molecule has 0 unspecified atom stereocenters. The Balaban J connectivity index is 1.98. The van der Waals surface area contributed by atoms with Crippen molar-refractivity contribution >= 4 is 10.8 Å². The van der Waals surface area contributed by atoms with E-state index in [1.807, 2.05) is 36.5 Å². The highest BCUT2D eigenvalue weighted by atomic mass is 32.2. The molecule has 0 radical (unpaired) electrons. The van der Waals surface area contributed by atoms with E-state index in [0.717, 1.165) is 29.9 Å². The zero-order chi connectivity index (χ0) is 13.2. The summed E-state index contributed by atoms with van der Waals surface area (Å²) in [6.07, 6.45) is 5.01. The number of hydrogen-bond donors (Lipinski definition) is 0. The normalized spacial score (nSPS) is 19.7. The average molecular weight is 271 g/mol. The van der Waals surface area contributed by atoms with Crippen LogP contribution in [0.2, 0.25) is 0 Å². The Bertz CT molecular complexity index is 609. The predicted octanol–water partition coefficient (Wildman–Crippen LogP) is 3.58. The van der Waals surface area contributed by atoms with E-state index in [0.29, 0.717) is 0 Å². The molecule has 2 aromatic rings. The first-order chi connectivity index (χ1) is 9.25. The van der Waals surface area contributed by atoms with Crippen LogP contribution in [0.5, 0.6) is 0 Å². The standard InChI is InChI=1S/C16H17NOS/c1-12-10-13-6-5-9-15(16(13)17-11-12)19(18)14-7-3-2-4-8-14/h2-4,7-8,10-11,15H,5-6,9H2,1H3/t15-,19+/m1/s1. The zero-order valence-corrected chi connectivity index (χ0v) is 11.8. The van der Waals surface area contributed by atoms with Crippen LogP contribution in [-0.2, 0) is 17.2 Å². The van der Waals surface area contributed by atoms with Crippen molar-refractivity contribution in [3.8, 4) is 0 Å². The van der Waals surface area contributed by atoms with E-state index in [4.69, 9.17) is 0 Å². The maximum Gasteiger partial charge on any atom is 0.0819 e. The summed E-state index contributed by atoms with van der Waals surface area (Å²) in [4.78, 5) is 5.46. The predicted molar refractivity (Wildman–Crippen MR) is 77.5 cm³/mol. The lowest BCUT2D eigenvalue weighted by Gasteiger charge is -2.24. The van der Waals surface area contributed by atoms with E-state index in [1.165, 1.54) is 11.1 Å². The lowest BCUT2D eigenvalue weighted by Crippen LogP contribution is -2.16. The smallest absolute Gasteiger partial charge is 0.0819 e. The minimum Gasteiger partial charge on any atom is -0.259 e. The summed E-state index contributed by atoms with van der Waals surface area (Å²) in [5.74, 6) is 0. The summed E-state index contributed by atoms with van der Waals surface area (Å²) >= 11 is 0. The molecule has 0 saturated heterocycles. The van der Waals surface area contributed by atoms with E-state index in [2.05, 4.69) is 18.0 Å². The van der Waals surface area contributed by atoms with Crippen LogP contribution in [0.15, 0.2) is 47.5 Å². The van der Waals surface area contributed by atoms with Gasteiger partial charge in [0.2, 0.25) is 0 Å². The Kier molecular flexibility index (Phi) is 3.47. The van der Waals surface area contributed by atoms with Gasteiger partial charge in [-0.15, -0.1) is 0 Å². The van der Waals surface area contributed by atoms with Crippen molar-refractivity contribution in [2.45, 2.75) is 36.3 Å². The summed E-state index contributed by atoms with van der Waals surface area (Å²) in [5, 5.41) is 0.0479. The number of pyridine rings is 1. The van der Waals surface area contributed by atoms with Crippen LogP contribution in [-0.4, -0.2) is 9.19 Å². The average Bonchev–Trinajstić information content (AvgIpc) is 2.46. The summed E-state index contributed by atoms with van der Waals surface area (Å²) in [7, 11) is -1.00. The number of hydrogen-bond acceptors (Lipinski definition) is 2. The van der Waals surface area contributed by atoms with Gasteiger partial charge in [-0.25, -0.2) is 0 Å². The minimum atomic E-state index is -1.00. The Hall–Kier alpha value is -1.48. The van der Waals surface area contributed by atoms with Crippen molar-refractivity contribution in [2.24, 2.45) is 0 Å². The van der Waals surface area contributed by atoms with E-state index in [1.54, 1.807) is 0 Å². The maximum atomic E-state index is 12.7. The lowest BCUT2D eigenvalue weighted by molar-refractivity contribution is 0.618. The summed E-state index contributed by atoms with van der Waals surface area (Å²) in [6.45, 7) is 2.06. The maximum absolute atomic E-state index is 12.7. The number of rotatable bonds is 2. The van der Waals surface area contributed by atoms with Crippen LogP contribution in [0.1, 0.15) is 34.9 Å². The van der Waals surface area contributed by atoms with Gasteiger partial charge in [-0.2, -0.15) is 0 Å². The molecule has 0 aliphatic heterocycles. The molecular formula is C16H17NOS. The molecule has 0 fully saturated rings. The first-order valence-corrected chi connectivity index (χ1v) is 7.88. The van der Waals surface area contributed by atoms with Gasteiger partial charge in [0, 0.05) is 11.1 Å².